The molecule has 1 aliphatic heterocycles. The smallest absolute Gasteiger partial charge is 0.405 e. The van der Waals surface area contributed by atoms with Crippen LogP contribution in [0.2, 0.25) is 0 Å². The molecule has 1 atom stereocenters. The first-order valence-corrected chi connectivity index (χ1v) is 15.2. The number of nitrogens with one attached hydrogen (secondary N) is 1. The number of imidazole rings is 1. The average Bonchev–Trinajstić information content (AvgIpc) is 3.48. The second-order valence-corrected chi connectivity index (χ2v) is 11.9. The number of carboxylic acid groups (broad SMARTS) is 1. The fraction of sp³-hybridized carbons (Fsp3) is 0.375. The maximum Gasteiger partial charge on any atom is 0.405 e. The molecule has 5 aromatic rings. The fourth-order valence-corrected chi connectivity index (χ4v) is 6.23. The molecule has 2 N–H and O–H groups in total. The Morgan fingerprint density at radius 2 is 2.13 bits per heavy atom. The van der Waals surface area contributed by atoms with Crippen molar-refractivity contribution in [1.82, 2.24) is 39.1 Å². The van der Waals surface area contributed by atoms with Crippen molar-refractivity contribution < 1.29 is 23.8 Å². The van der Waals surface area contributed by atoms with Crippen LogP contribution < -0.4 is 10.1 Å². The highest BCUT2D eigenvalue weighted by Gasteiger charge is 2.30. The largest absolute Gasteiger partial charge is 0.489 e. The summed E-state index contributed by atoms with van der Waals surface area (Å²) in [4.78, 5) is 35.0. The topological polar surface area (TPSA) is 156 Å². The zero-order valence-electron chi connectivity index (χ0n) is 25.2. The van der Waals surface area contributed by atoms with Gasteiger partial charge in [-0.05, 0) is 55.0 Å². The molecular formula is C32H32FN9O4. The van der Waals surface area contributed by atoms with Gasteiger partial charge in [0, 0.05) is 37.6 Å². The summed E-state index contributed by atoms with van der Waals surface area (Å²) in [5, 5.41) is 25.3. The predicted octanol–water partition coefficient (Wildman–Crippen LogP) is 3.75. The number of amides is 2. The number of hydrogen-bond acceptors (Lipinski definition) is 7. The standard InChI is InChI=1S/C32H32FN9O4/c1-39-25-11-20-7-8-40(17-22(14-33)36-32(44)45)31(43)23(20)13-24(25)37-30(39)26-12-21-3-2-4-27(29(21)42(26)16-19-5-6-19)46-10-9-41-18-35-28(15-34)38-41/h2-4,11-13,18-19,22,36H,5-10,14,16-17H2,1H3,(H,44,45)/t22-/m1/s1. The summed E-state index contributed by atoms with van der Waals surface area (Å²) in [6, 6.07) is 12.8. The van der Waals surface area contributed by atoms with Gasteiger partial charge in [0.05, 0.1) is 34.8 Å². The molecule has 0 bridgehead atoms. The quantitative estimate of drug-likeness (QED) is 0.225. The molecule has 2 amide bonds. The van der Waals surface area contributed by atoms with Gasteiger partial charge in [-0.25, -0.2) is 23.8 Å². The van der Waals surface area contributed by atoms with Crippen molar-refractivity contribution in [3.8, 4) is 23.3 Å². The molecule has 4 heterocycles. The summed E-state index contributed by atoms with van der Waals surface area (Å²) < 4.78 is 25.7. The average molecular weight is 626 g/mol. The number of para-hydroxylation sites is 1. The summed E-state index contributed by atoms with van der Waals surface area (Å²) in [5.41, 5.74) is 4.88. The Balaban J connectivity index is 1.22. The Morgan fingerprint density at radius 1 is 1.28 bits per heavy atom. The van der Waals surface area contributed by atoms with Gasteiger partial charge in [0.1, 0.15) is 31.4 Å². The lowest BCUT2D eigenvalue weighted by atomic mass is 9.97. The van der Waals surface area contributed by atoms with Crippen LogP contribution in [-0.4, -0.2) is 83.3 Å². The Morgan fingerprint density at radius 3 is 2.87 bits per heavy atom. The molecule has 1 aliphatic carbocycles. The Bertz CT molecular complexity index is 2020. The van der Waals surface area contributed by atoms with E-state index in [1.165, 1.54) is 11.2 Å². The Hall–Kier alpha value is -5.45. The van der Waals surface area contributed by atoms with Crippen LogP contribution in [0.15, 0.2) is 42.7 Å². The van der Waals surface area contributed by atoms with Crippen molar-refractivity contribution in [1.29, 1.82) is 5.26 Å². The second-order valence-electron chi connectivity index (χ2n) is 11.9. The van der Waals surface area contributed by atoms with Crippen LogP contribution in [0, 0.1) is 17.2 Å². The first kappa shape index (κ1) is 29.3. The monoisotopic (exact) mass is 625 g/mol. The molecule has 46 heavy (non-hydrogen) atoms. The zero-order valence-corrected chi connectivity index (χ0v) is 25.2. The molecule has 1 saturated carbocycles. The Kier molecular flexibility index (Phi) is 7.51. The number of ether oxygens (including phenoxy) is 1. The van der Waals surface area contributed by atoms with Gasteiger partial charge < -0.3 is 29.2 Å². The van der Waals surface area contributed by atoms with Crippen LogP contribution in [0.5, 0.6) is 5.75 Å². The molecule has 0 spiro atoms. The van der Waals surface area contributed by atoms with Gasteiger partial charge in [-0.15, -0.1) is 5.10 Å². The molecule has 236 valence electrons. The maximum absolute atomic E-state index is 13.5. The fourth-order valence-electron chi connectivity index (χ4n) is 6.23. The lowest BCUT2D eigenvalue weighted by Crippen LogP contribution is -2.48. The van der Waals surface area contributed by atoms with E-state index in [-0.39, 0.29) is 18.3 Å². The highest BCUT2D eigenvalue weighted by molar-refractivity contribution is 6.01. The number of aryl methyl sites for hydroxylation is 1. The number of carbonyl (C=O) groups excluding carboxylic acids is 1. The van der Waals surface area contributed by atoms with Crippen molar-refractivity contribution >= 4 is 33.9 Å². The van der Waals surface area contributed by atoms with E-state index < -0.39 is 18.8 Å². The molecule has 14 heteroatoms. The number of hydrogen-bond donors (Lipinski definition) is 2. The van der Waals surface area contributed by atoms with E-state index in [1.807, 2.05) is 31.3 Å². The number of benzene rings is 2. The van der Waals surface area contributed by atoms with Crippen LogP contribution >= 0.6 is 0 Å². The first-order valence-electron chi connectivity index (χ1n) is 15.2. The second kappa shape index (κ2) is 11.8. The molecule has 3 aromatic heterocycles. The molecule has 7 rings (SSSR count). The summed E-state index contributed by atoms with van der Waals surface area (Å²) in [6.45, 7) is 1.03. The van der Waals surface area contributed by atoms with Crippen LogP contribution in [0.25, 0.3) is 33.5 Å². The van der Waals surface area contributed by atoms with Crippen LogP contribution in [0.3, 0.4) is 0 Å². The van der Waals surface area contributed by atoms with Gasteiger partial charge >= 0.3 is 6.09 Å². The van der Waals surface area contributed by atoms with Crippen molar-refractivity contribution in [2.75, 3.05) is 26.4 Å². The van der Waals surface area contributed by atoms with Gasteiger partial charge in [-0.3, -0.25) is 4.79 Å². The molecular weight excluding hydrogens is 593 g/mol. The minimum atomic E-state index is -1.32. The molecule has 0 saturated heterocycles. The molecule has 13 nitrogen and oxygen atoms in total. The number of fused-ring (bicyclic) bond motifs is 3. The minimum absolute atomic E-state index is 0.0437. The third-order valence-corrected chi connectivity index (χ3v) is 8.69. The van der Waals surface area contributed by atoms with E-state index in [9.17, 15) is 14.0 Å². The van der Waals surface area contributed by atoms with E-state index in [0.717, 1.165) is 58.6 Å². The maximum atomic E-state index is 13.5. The zero-order chi connectivity index (χ0) is 31.9. The van der Waals surface area contributed by atoms with Gasteiger partial charge in [0.2, 0.25) is 0 Å². The number of nitrogens with zero attached hydrogens (tertiary/aromatic N) is 8. The predicted molar refractivity (Wildman–Crippen MR) is 165 cm³/mol. The van der Waals surface area contributed by atoms with E-state index in [0.29, 0.717) is 43.1 Å². The Labute approximate surface area is 262 Å². The minimum Gasteiger partial charge on any atom is -0.489 e. The molecule has 1 fully saturated rings. The number of nitriles is 1. The summed E-state index contributed by atoms with van der Waals surface area (Å²) in [6.07, 6.45) is 3.08. The third kappa shape index (κ3) is 5.48. The number of alkyl halides is 1. The van der Waals surface area contributed by atoms with E-state index in [2.05, 4.69) is 36.7 Å². The van der Waals surface area contributed by atoms with Crippen molar-refractivity contribution in [3.05, 3.63) is 59.7 Å². The molecule has 2 aliphatic rings. The highest BCUT2D eigenvalue weighted by Crippen LogP contribution is 2.39. The number of halogens is 1. The van der Waals surface area contributed by atoms with Gasteiger partial charge in [0.25, 0.3) is 11.7 Å². The third-order valence-electron chi connectivity index (χ3n) is 8.69. The van der Waals surface area contributed by atoms with Crippen LogP contribution in [0.4, 0.5) is 9.18 Å². The number of rotatable bonds is 11. The molecule has 0 unspecified atom stereocenters. The van der Waals surface area contributed by atoms with E-state index in [1.54, 1.807) is 10.7 Å². The van der Waals surface area contributed by atoms with Crippen molar-refractivity contribution in [2.24, 2.45) is 13.0 Å². The lowest BCUT2D eigenvalue weighted by Gasteiger charge is -2.31. The van der Waals surface area contributed by atoms with Crippen LogP contribution in [0.1, 0.15) is 34.6 Å². The summed E-state index contributed by atoms with van der Waals surface area (Å²) in [7, 11) is 1.97. The molecule has 2 aromatic carbocycles. The van der Waals surface area contributed by atoms with Gasteiger partial charge in [0.15, 0.2) is 5.82 Å². The SMILES string of the molecule is Cn1c(-c2cc3cccc(OCCn4cnc(C#N)n4)c3n2CC2CC2)nc2cc3c(cc21)CCN(C[C@@H](CF)NC(=O)O)C3=O. The normalized spacial score (nSPS) is 15.2. The van der Waals surface area contributed by atoms with Crippen LogP contribution in [-0.2, 0) is 26.6 Å². The first-order chi connectivity index (χ1) is 22.3. The van der Waals surface area contributed by atoms with E-state index >= 15 is 0 Å². The highest BCUT2D eigenvalue weighted by atomic mass is 19.1. The summed E-state index contributed by atoms with van der Waals surface area (Å²) in [5.74, 6) is 1.93. The van der Waals surface area contributed by atoms with E-state index in [4.69, 9.17) is 20.1 Å². The number of aromatic nitrogens is 6. The van der Waals surface area contributed by atoms with Gasteiger partial charge in [-0.2, -0.15) is 5.26 Å². The number of carbonyl (C=O) groups is 2. The summed E-state index contributed by atoms with van der Waals surface area (Å²) >= 11 is 0. The lowest BCUT2D eigenvalue weighted by molar-refractivity contribution is 0.0714. The molecule has 0 radical (unpaired) electrons. The van der Waals surface area contributed by atoms with Crippen molar-refractivity contribution in [3.63, 3.8) is 0 Å². The van der Waals surface area contributed by atoms with Gasteiger partial charge in [-0.1, -0.05) is 12.1 Å². The van der Waals surface area contributed by atoms with Crippen molar-refractivity contribution in [2.45, 2.75) is 38.4 Å².